The van der Waals surface area contributed by atoms with Gasteiger partial charge in [0.25, 0.3) is 0 Å². The van der Waals surface area contributed by atoms with Gasteiger partial charge in [0.1, 0.15) is 0 Å². The van der Waals surface area contributed by atoms with Gasteiger partial charge in [0.2, 0.25) is 0 Å². The van der Waals surface area contributed by atoms with Gasteiger partial charge < -0.3 is 9.84 Å². The Morgan fingerprint density at radius 2 is 1.45 bits per heavy atom. The zero-order valence-electron chi connectivity index (χ0n) is 11.0. The van der Waals surface area contributed by atoms with Gasteiger partial charge in [-0.1, -0.05) is 36.4 Å². The first-order valence-electron chi connectivity index (χ1n) is 6.09. The third kappa shape index (κ3) is 3.23. The van der Waals surface area contributed by atoms with Gasteiger partial charge in [0.05, 0.1) is 19.1 Å². The average Bonchev–Trinajstić information content (AvgIpc) is 2.47. The predicted octanol–water partition coefficient (Wildman–Crippen LogP) is 2.77. The van der Waals surface area contributed by atoms with Crippen LogP contribution in [0.25, 0.3) is 11.1 Å². The van der Waals surface area contributed by atoms with Crippen LogP contribution in [0.3, 0.4) is 0 Å². The fraction of sp³-hybridized carbons (Fsp3) is 0.125. The highest BCUT2D eigenvalue weighted by Gasteiger charge is 2.06. The minimum absolute atomic E-state index is 0.0154. The molecule has 4 heteroatoms. The largest absolute Gasteiger partial charge is 0.481 e. The molecule has 2 aromatic carbocycles. The molecule has 0 saturated heterocycles. The fourth-order valence-electron chi connectivity index (χ4n) is 1.91. The summed E-state index contributed by atoms with van der Waals surface area (Å²) in [4.78, 5) is 21.9. The van der Waals surface area contributed by atoms with E-state index in [1.165, 1.54) is 7.11 Å². The van der Waals surface area contributed by atoms with Crippen LogP contribution in [0.5, 0.6) is 0 Å². The fourth-order valence-corrected chi connectivity index (χ4v) is 1.91. The summed E-state index contributed by atoms with van der Waals surface area (Å²) in [5.41, 5.74) is 3.18. The van der Waals surface area contributed by atoms with E-state index in [2.05, 4.69) is 4.74 Å². The molecular formula is C16H14O4. The van der Waals surface area contributed by atoms with Crippen LogP contribution in [-0.4, -0.2) is 24.2 Å². The first kappa shape index (κ1) is 13.8. The molecule has 2 aromatic rings. The van der Waals surface area contributed by atoms with Crippen LogP contribution in [0, 0.1) is 0 Å². The maximum atomic E-state index is 11.3. The molecule has 0 bridgehead atoms. The van der Waals surface area contributed by atoms with E-state index < -0.39 is 5.97 Å². The summed E-state index contributed by atoms with van der Waals surface area (Å²) in [5, 5.41) is 8.72. The van der Waals surface area contributed by atoms with E-state index >= 15 is 0 Å². The molecule has 1 N–H and O–H groups in total. The summed E-state index contributed by atoms with van der Waals surface area (Å²) >= 11 is 0. The predicted molar refractivity (Wildman–Crippen MR) is 74.6 cm³/mol. The van der Waals surface area contributed by atoms with Crippen molar-refractivity contribution in [1.82, 2.24) is 0 Å². The second-order valence-electron chi connectivity index (χ2n) is 4.34. The number of benzene rings is 2. The highest BCUT2D eigenvalue weighted by atomic mass is 16.5. The van der Waals surface area contributed by atoms with E-state index in [0.717, 1.165) is 16.7 Å². The molecule has 0 aromatic heterocycles. The molecule has 0 aliphatic carbocycles. The van der Waals surface area contributed by atoms with Gasteiger partial charge in [-0.25, -0.2) is 4.79 Å². The summed E-state index contributed by atoms with van der Waals surface area (Å²) < 4.78 is 4.64. The third-order valence-corrected chi connectivity index (χ3v) is 2.95. The number of carboxylic acids is 1. The van der Waals surface area contributed by atoms with Crippen LogP contribution in [0.4, 0.5) is 0 Å². The van der Waals surface area contributed by atoms with Crippen LogP contribution in [0.15, 0.2) is 48.5 Å². The number of carbonyl (C=O) groups is 2. The summed E-state index contributed by atoms with van der Waals surface area (Å²) in [6.07, 6.45) is 0.0154. The highest BCUT2D eigenvalue weighted by molar-refractivity contribution is 5.90. The summed E-state index contributed by atoms with van der Waals surface area (Å²) in [5.74, 6) is -1.21. The lowest BCUT2D eigenvalue weighted by Gasteiger charge is -2.04. The van der Waals surface area contributed by atoms with Crippen molar-refractivity contribution < 1.29 is 19.4 Å². The minimum atomic E-state index is -0.847. The van der Waals surface area contributed by atoms with Crippen molar-refractivity contribution in [3.05, 3.63) is 59.7 Å². The molecule has 20 heavy (non-hydrogen) atoms. The van der Waals surface area contributed by atoms with E-state index in [1.807, 2.05) is 24.3 Å². The second kappa shape index (κ2) is 6.02. The second-order valence-corrected chi connectivity index (χ2v) is 4.34. The minimum Gasteiger partial charge on any atom is -0.481 e. The van der Waals surface area contributed by atoms with Crippen molar-refractivity contribution in [2.24, 2.45) is 0 Å². The normalized spacial score (nSPS) is 10.1. The Kier molecular flexibility index (Phi) is 4.15. The van der Waals surface area contributed by atoms with Crippen molar-refractivity contribution in [2.75, 3.05) is 7.11 Å². The molecule has 0 radical (unpaired) electrons. The Morgan fingerprint density at radius 1 is 0.950 bits per heavy atom. The molecule has 0 aliphatic heterocycles. The standard InChI is InChI=1S/C16H14O4/c1-20-16(19)14-8-6-13(7-9-14)12-4-2-11(3-5-12)10-15(17)18/h2-9H,10H2,1H3,(H,17,18). The Hall–Kier alpha value is -2.62. The van der Waals surface area contributed by atoms with Gasteiger partial charge in [0.15, 0.2) is 0 Å². The number of aliphatic carboxylic acids is 1. The molecule has 0 amide bonds. The molecule has 0 heterocycles. The summed E-state index contributed by atoms with van der Waals surface area (Å²) in [6.45, 7) is 0. The van der Waals surface area contributed by atoms with Gasteiger partial charge in [-0.05, 0) is 28.8 Å². The first-order valence-corrected chi connectivity index (χ1v) is 6.09. The number of hydrogen-bond acceptors (Lipinski definition) is 3. The Balaban J connectivity index is 2.19. The molecule has 2 rings (SSSR count). The average molecular weight is 270 g/mol. The molecule has 0 unspecified atom stereocenters. The quantitative estimate of drug-likeness (QED) is 0.868. The molecule has 0 fully saturated rings. The highest BCUT2D eigenvalue weighted by Crippen LogP contribution is 2.20. The molecular weight excluding hydrogens is 256 g/mol. The molecule has 0 spiro atoms. The molecule has 0 atom stereocenters. The molecule has 0 aliphatic rings. The number of ether oxygens (including phenoxy) is 1. The number of hydrogen-bond donors (Lipinski definition) is 1. The van der Waals surface area contributed by atoms with E-state index in [-0.39, 0.29) is 12.4 Å². The third-order valence-electron chi connectivity index (χ3n) is 2.95. The lowest BCUT2D eigenvalue weighted by molar-refractivity contribution is -0.136. The molecule has 102 valence electrons. The molecule has 0 saturated carbocycles. The van der Waals surface area contributed by atoms with Crippen LogP contribution >= 0.6 is 0 Å². The van der Waals surface area contributed by atoms with Crippen molar-refractivity contribution in [1.29, 1.82) is 0 Å². The van der Waals surface area contributed by atoms with Gasteiger partial charge in [-0.2, -0.15) is 0 Å². The van der Waals surface area contributed by atoms with Gasteiger partial charge in [-0.3, -0.25) is 4.79 Å². The SMILES string of the molecule is COC(=O)c1ccc(-c2ccc(CC(=O)O)cc2)cc1. The van der Waals surface area contributed by atoms with Crippen molar-refractivity contribution in [3.8, 4) is 11.1 Å². The van der Waals surface area contributed by atoms with E-state index in [9.17, 15) is 9.59 Å². The number of methoxy groups -OCH3 is 1. The Morgan fingerprint density at radius 3 is 1.90 bits per heavy atom. The number of carboxylic acid groups (broad SMARTS) is 1. The summed E-state index contributed by atoms with van der Waals surface area (Å²) in [6, 6.07) is 14.4. The van der Waals surface area contributed by atoms with Gasteiger partial charge in [-0.15, -0.1) is 0 Å². The lowest BCUT2D eigenvalue weighted by atomic mass is 10.0. The summed E-state index contributed by atoms with van der Waals surface area (Å²) in [7, 11) is 1.34. The van der Waals surface area contributed by atoms with E-state index in [0.29, 0.717) is 5.56 Å². The van der Waals surface area contributed by atoms with Crippen molar-refractivity contribution >= 4 is 11.9 Å². The zero-order valence-corrected chi connectivity index (χ0v) is 11.0. The number of esters is 1. The van der Waals surface area contributed by atoms with Crippen LogP contribution in [0.1, 0.15) is 15.9 Å². The monoisotopic (exact) mass is 270 g/mol. The number of carbonyl (C=O) groups excluding carboxylic acids is 1. The number of rotatable bonds is 4. The smallest absolute Gasteiger partial charge is 0.337 e. The topological polar surface area (TPSA) is 63.6 Å². The zero-order chi connectivity index (χ0) is 14.5. The lowest BCUT2D eigenvalue weighted by Crippen LogP contribution is -2.00. The molecule has 4 nitrogen and oxygen atoms in total. The van der Waals surface area contributed by atoms with E-state index in [1.54, 1.807) is 24.3 Å². The Labute approximate surface area is 116 Å². The van der Waals surface area contributed by atoms with Gasteiger partial charge in [0, 0.05) is 0 Å². The van der Waals surface area contributed by atoms with Crippen molar-refractivity contribution in [3.63, 3.8) is 0 Å². The van der Waals surface area contributed by atoms with Crippen LogP contribution in [0.2, 0.25) is 0 Å². The van der Waals surface area contributed by atoms with Crippen molar-refractivity contribution in [2.45, 2.75) is 6.42 Å². The maximum absolute atomic E-state index is 11.3. The van der Waals surface area contributed by atoms with Crippen LogP contribution in [-0.2, 0) is 16.0 Å². The van der Waals surface area contributed by atoms with Crippen LogP contribution < -0.4 is 0 Å². The first-order chi connectivity index (χ1) is 9.60. The Bertz CT molecular complexity index is 612. The van der Waals surface area contributed by atoms with Gasteiger partial charge >= 0.3 is 11.9 Å². The maximum Gasteiger partial charge on any atom is 0.337 e. The van der Waals surface area contributed by atoms with E-state index in [4.69, 9.17) is 5.11 Å².